The van der Waals surface area contributed by atoms with Crippen LogP contribution in [0.3, 0.4) is 0 Å². The molecule has 1 amide bonds. The summed E-state index contributed by atoms with van der Waals surface area (Å²) in [6.07, 6.45) is -0.573. The molecule has 3 aromatic carbocycles. The third-order valence-corrected chi connectivity index (χ3v) is 4.83. The van der Waals surface area contributed by atoms with Crippen LogP contribution in [0.1, 0.15) is 27.1 Å². The van der Waals surface area contributed by atoms with E-state index in [0.717, 1.165) is 0 Å². The molecule has 154 valence electrons. The second kappa shape index (κ2) is 10.2. The topological polar surface area (TPSA) is 55.4 Å². The second-order valence-electron chi connectivity index (χ2n) is 6.42. The van der Waals surface area contributed by atoms with Crippen molar-refractivity contribution in [2.45, 2.75) is 12.5 Å². The van der Waals surface area contributed by atoms with Crippen LogP contribution in [0, 0.1) is 5.82 Å². The van der Waals surface area contributed by atoms with Crippen molar-refractivity contribution in [3.05, 3.63) is 94.8 Å². The van der Waals surface area contributed by atoms with Crippen molar-refractivity contribution in [1.29, 1.82) is 0 Å². The molecule has 0 aliphatic carbocycles. The molecule has 7 heteroatoms. The lowest BCUT2D eigenvalue weighted by Crippen LogP contribution is -2.28. The van der Waals surface area contributed by atoms with E-state index in [2.05, 4.69) is 5.32 Å². The lowest BCUT2D eigenvalue weighted by molar-refractivity contribution is 0.0787. The molecule has 0 fully saturated rings. The van der Waals surface area contributed by atoms with Gasteiger partial charge in [-0.05, 0) is 48.5 Å². The number of anilines is 1. The van der Waals surface area contributed by atoms with Gasteiger partial charge in [0.15, 0.2) is 6.10 Å². The van der Waals surface area contributed by atoms with Gasteiger partial charge >= 0.3 is 0 Å². The molecule has 0 aliphatic rings. The fraction of sp³-hybridized carbons (Fsp3) is 0.130. The summed E-state index contributed by atoms with van der Waals surface area (Å²) in [6, 6.07) is 18.6. The van der Waals surface area contributed by atoms with E-state index in [-0.39, 0.29) is 24.0 Å². The SMILES string of the molecule is O=C(Nc1cccc(OC(CCCl)C(=O)c2ccc(F)cc2)c1)c1ccccc1Cl. The number of rotatable bonds is 8. The van der Waals surface area contributed by atoms with Crippen molar-refractivity contribution in [2.24, 2.45) is 0 Å². The first kappa shape index (κ1) is 21.8. The van der Waals surface area contributed by atoms with Crippen LogP contribution in [0.4, 0.5) is 10.1 Å². The minimum atomic E-state index is -0.845. The van der Waals surface area contributed by atoms with Gasteiger partial charge in [0.2, 0.25) is 5.78 Å². The zero-order chi connectivity index (χ0) is 21.5. The Labute approximate surface area is 183 Å². The summed E-state index contributed by atoms with van der Waals surface area (Å²) < 4.78 is 19.0. The van der Waals surface area contributed by atoms with E-state index in [9.17, 15) is 14.0 Å². The first-order valence-corrected chi connectivity index (χ1v) is 10.1. The molecule has 1 N–H and O–H groups in total. The molecule has 0 heterocycles. The van der Waals surface area contributed by atoms with E-state index in [4.69, 9.17) is 27.9 Å². The smallest absolute Gasteiger partial charge is 0.257 e. The van der Waals surface area contributed by atoms with Crippen LogP contribution in [0.2, 0.25) is 5.02 Å². The summed E-state index contributed by atoms with van der Waals surface area (Å²) in [5.41, 5.74) is 1.16. The minimum Gasteiger partial charge on any atom is -0.482 e. The number of ether oxygens (including phenoxy) is 1. The summed E-state index contributed by atoms with van der Waals surface area (Å²) in [6.45, 7) is 0. The predicted molar refractivity (Wildman–Crippen MR) is 116 cm³/mol. The molecule has 3 rings (SSSR count). The van der Waals surface area contributed by atoms with Gasteiger partial charge in [0, 0.05) is 29.6 Å². The fourth-order valence-electron chi connectivity index (χ4n) is 2.80. The highest BCUT2D eigenvalue weighted by Gasteiger charge is 2.22. The van der Waals surface area contributed by atoms with Crippen LogP contribution < -0.4 is 10.1 Å². The Hall–Kier alpha value is -2.89. The first-order chi connectivity index (χ1) is 14.5. The molecule has 0 saturated carbocycles. The highest BCUT2D eigenvalue weighted by molar-refractivity contribution is 6.34. The molecule has 0 saturated heterocycles. The van der Waals surface area contributed by atoms with E-state index in [1.54, 1.807) is 48.5 Å². The number of carbonyl (C=O) groups excluding carboxylic acids is 2. The largest absolute Gasteiger partial charge is 0.482 e. The van der Waals surface area contributed by atoms with Gasteiger partial charge in [0.25, 0.3) is 5.91 Å². The quantitative estimate of drug-likeness (QED) is 0.342. The van der Waals surface area contributed by atoms with Crippen molar-refractivity contribution < 1.29 is 18.7 Å². The Morgan fingerprint density at radius 2 is 1.73 bits per heavy atom. The third-order valence-electron chi connectivity index (χ3n) is 4.28. The Morgan fingerprint density at radius 1 is 1.00 bits per heavy atom. The monoisotopic (exact) mass is 445 g/mol. The Morgan fingerprint density at radius 3 is 2.43 bits per heavy atom. The van der Waals surface area contributed by atoms with E-state index in [1.807, 2.05) is 0 Å². The number of carbonyl (C=O) groups is 2. The van der Waals surface area contributed by atoms with Gasteiger partial charge in [0.05, 0.1) is 10.6 Å². The van der Waals surface area contributed by atoms with Gasteiger partial charge in [-0.2, -0.15) is 0 Å². The number of amides is 1. The normalized spacial score (nSPS) is 11.6. The number of ketones is 1. The van der Waals surface area contributed by atoms with Crippen LogP contribution in [0.5, 0.6) is 5.75 Å². The molecule has 30 heavy (non-hydrogen) atoms. The first-order valence-electron chi connectivity index (χ1n) is 9.16. The van der Waals surface area contributed by atoms with Crippen LogP contribution in [0.15, 0.2) is 72.8 Å². The van der Waals surface area contributed by atoms with E-state index < -0.39 is 11.9 Å². The van der Waals surface area contributed by atoms with Crippen LogP contribution in [0.25, 0.3) is 0 Å². The van der Waals surface area contributed by atoms with Gasteiger partial charge in [0.1, 0.15) is 11.6 Å². The van der Waals surface area contributed by atoms with Crippen molar-refractivity contribution in [3.8, 4) is 5.75 Å². The van der Waals surface area contributed by atoms with Crippen molar-refractivity contribution >= 4 is 40.6 Å². The molecule has 0 bridgehead atoms. The maximum absolute atomic E-state index is 13.1. The summed E-state index contributed by atoms with van der Waals surface area (Å²) in [7, 11) is 0. The molecule has 0 radical (unpaired) electrons. The molecule has 4 nitrogen and oxygen atoms in total. The maximum Gasteiger partial charge on any atom is 0.257 e. The predicted octanol–water partition coefficient (Wildman–Crippen LogP) is 5.99. The van der Waals surface area contributed by atoms with Crippen LogP contribution >= 0.6 is 23.2 Å². The number of benzene rings is 3. The number of nitrogens with one attached hydrogen (secondary N) is 1. The molecule has 0 spiro atoms. The Bertz CT molecular complexity index is 1040. The fourth-order valence-corrected chi connectivity index (χ4v) is 3.22. The number of Topliss-reactive ketones (excluding diaryl/α,β-unsaturated/α-hetero) is 1. The summed E-state index contributed by atoms with van der Waals surface area (Å²) in [5, 5.41) is 3.10. The number of alkyl halides is 1. The summed E-state index contributed by atoms with van der Waals surface area (Å²) in [4.78, 5) is 25.2. The van der Waals surface area contributed by atoms with Gasteiger partial charge < -0.3 is 10.1 Å². The summed E-state index contributed by atoms with van der Waals surface area (Å²) in [5.74, 6) is -0.500. The average molecular weight is 446 g/mol. The standard InChI is InChI=1S/C23H18Cl2FNO3/c24-13-12-21(22(28)15-8-10-16(26)11-9-15)30-18-5-3-4-17(14-18)27-23(29)19-6-1-2-7-20(19)25/h1-11,14,21H,12-13H2,(H,27,29). The van der Waals surface area contributed by atoms with Gasteiger partial charge in [-0.15, -0.1) is 11.6 Å². The lowest BCUT2D eigenvalue weighted by Gasteiger charge is -2.18. The van der Waals surface area contributed by atoms with E-state index in [1.165, 1.54) is 24.3 Å². The average Bonchev–Trinajstić information content (AvgIpc) is 2.74. The van der Waals surface area contributed by atoms with Crippen LogP contribution in [-0.2, 0) is 0 Å². The van der Waals surface area contributed by atoms with Crippen molar-refractivity contribution in [1.82, 2.24) is 0 Å². The third kappa shape index (κ3) is 5.59. The van der Waals surface area contributed by atoms with Gasteiger partial charge in [-0.3, -0.25) is 9.59 Å². The van der Waals surface area contributed by atoms with E-state index in [0.29, 0.717) is 27.6 Å². The molecular formula is C23H18Cl2FNO3. The highest BCUT2D eigenvalue weighted by Crippen LogP contribution is 2.23. The number of hydrogen-bond acceptors (Lipinski definition) is 3. The molecule has 1 unspecified atom stereocenters. The second-order valence-corrected chi connectivity index (χ2v) is 7.20. The maximum atomic E-state index is 13.1. The highest BCUT2D eigenvalue weighted by atomic mass is 35.5. The van der Waals surface area contributed by atoms with Crippen molar-refractivity contribution in [3.63, 3.8) is 0 Å². The molecule has 0 aromatic heterocycles. The van der Waals surface area contributed by atoms with Gasteiger partial charge in [-0.1, -0.05) is 29.8 Å². The van der Waals surface area contributed by atoms with E-state index >= 15 is 0 Å². The zero-order valence-electron chi connectivity index (χ0n) is 15.8. The summed E-state index contributed by atoms with van der Waals surface area (Å²) >= 11 is 11.9. The number of hydrogen-bond donors (Lipinski definition) is 1. The number of halogens is 3. The Balaban J connectivity index is 1.75. The Kier molecular flexibility index (Phi) is 7.44. The molecule has 3 aromatic rings. The minimum absolute atomic E-state index is 0.209. The lowest BCUT2D eigenvalue weighted by atomic mass is 10.0. The van der Waals surface area contributed by atoms with Crippen molar-refractivity contribution in [2.75, 3.05) is 11.2 Å². The zero-order valence-corrected chi connectivity index (χ0v) is 17.3. The van der Waals surface area contributed by atoms with Gasteiger partial charge in [-0.25, -0.2) is 4.39 Å². The van der Waals surface area contributed by atoms with Crippen LogP contribution in [-0.4, -0.2) is 23.7 Å². The molecule has 1 atom stereocenters. The molecule has 0 aliphatic heterocycles. The molecular weight excluding hydrogens is 428 g/mol.